The zero-order chi connectivity index (χ0) is 17.4. The molecule has 1 aromatic carbocycles. The second kappa shape index (κ2) is 6.20. The second-order valence-electron chi connectivity index (χ2n) is 6.56. The molecule has 0 radical (unpaired) electrons. The summed E-state index contributed by atoms with van der Waals surface area (Å²) >= 11 is 0. The molecule has 1 aliphatic carbocycles. The van der Waals surface area contributed by atoms with E-state index in [9.17, 15) is 4.79 Å². The van der Waals surface area contributed by atoms with Crippen molar-refractivity contribution in [3.05, 3.63) is 71.6 Å². The molecule has 2 heterocycles. The number of nitrogens with zero attached hydrogens (tertiary/aromatic N) is 4. The number of aromatic nitrogens is 4. The van der Waals surface area contributed by atoms with E-state index in [0.717, 1.165) is 18.5 Å². The van der Waals surface area contributed by atoms with E-state index < -0.39 is 0 Å². The van der Waals surface area contributed by atoms with Gasteiger partial charge in [-0.05, 0) is 37.0 Å². The maximum atomic E-state index is 12.8. The van der Waals surface area contributed by atoms with Crippen LogP contribution in [0.2, 0.25) is 0 Å². The van der Waals surface area contributed by atoms with Crippen LogP contribution < -0.4 is 5.32 Å². The van der Waals surface area contributed by atoms with Crippen molar-refractivity contribution in [3.63, 3.8) is 0 Å². The number of fused-ring (bicyclic) bond motifs is 1. The van der Waals surface area contributed by atoms with Crippen molar-refractivity contribution in [2.45, 2.75) is 31.8 Å². The normalized spacial score (nSPS) is 19.4. The molecule has 0 spiro atoms. The second-order valence-corrected chi connectivity index (χ2v) is 6.56. The van der Waals surface area contributed by atoms with Crippen molar-refractivity contribution in [2.75, 3.05) is 0 Å². The monoisotopic (exact) mass is 335 g/mol. The molecule has 2 atom stereocenters. The van der Waals surface area contributed by atoms with Gasteiger partial charge in [-0.3, -0.25) is 9.48 Å². The van der Waals surface area contributed by atoms with Crippen molar-refractivity contribution in [1.29, 1.82) is 0 Å². The number of imidazole rings is 1. The quantitative estimate of drug-likeness (QED) is 0.800. The molecule has 128 valence electrons. The number of carbonyl (C=O) groups is 1. The Morgan fingerprint density at radius 2 is 2.16 bits per heavy atom. The van der Waals surface area contributed by atoms with Gasteiger partial charge in [-0.25, -0.2) is 4.98 Å². The minimum Gasteiger partial charge on any atom is -0.342 e. The Bertz CT molecular complexity index is 877. The summed E-state index contributed by atoms with van der Waals surface area (Å²) in [4.78, 5) is 17.0. The number of hydrogen-bond acceptors (Lipinski definition) is 3. The van der Waals surface area contributed by atoms with Crippen LogP contribution in [-0.4, -0.2) is 25.2 Å². The lowest BCUT2D eigenvalue weighted by atomic mass is 9.83. The minimum atomic E-state index is -0.143. The van der Waals surface area contributed by atoms with E-state index in [0.29, 0.717) is 5.69 Å². The molecule has 4 rings (SSSR count). The number of hydrogen-bond donors (Lipinski definition) is 1. The molecular weight excluding hydrogens is 314 g/mol. The number of rotatable bonds is 3. The molecular formula is C19H21N5O. The fourth-order valence-corrected chi connectivity index (χ4v) is 3.59. The highest BCUT2D eigenvalue weighted by molar-refractivity contribution is 5.92. The Kier molecular flexibility index (Phi) is 3.87. The molecule has 3 aromatic rings. The molecule has 0 fully saturated rings. The molecule has 2 aromatic heterocycles. The summed E-state index contributed by atoms with van der Waals surface area (Å²) in [7, 11) is 1.84. The Morgan fingerprint density at radius 1 is 1.32 bits per heavy atom. The van der Waals surface area contributed by atoms with E-state index in [-0.39, 0.29) is 18.0 Å². The maximum Gasteiger partial charge on any atom is 0.272 e. The van der Waals surface area contributed by atoms with Crippen LogP contribution >= 0.6 is 0 Å². The van der Waals surface area contributed by atoms with E-state index in [2.05, 4.69) is 38.2 Å². The molecule has 6 nitrogen and oxygen atoms in total. The Morgan fingerprint density at radius 3 is 2.88 bits per heavy atom. The summed E-state index contributed by atoms with van der Waals surface area (Å²) < 4.78 is 3.81. The molecule has 0 aliphatic heterocycles. The maximum absolute atomic E-state index is 12.8. The molecule has 1 N–H and O–H groups in total. The van der Waals surface area contributed by atoms with Gasteiger partial charge in [0.2, 0.25) is 0 Å². The van der Waals surface area contributed by atoms with Crippen molar-refractivity contribution < 1.29 is 4.79 Å². The van der Waals surface area contributed by atoms with Crippen LogP contribution in [0.25, 0.3) is 0 Å². The lowest BCUT2D eigenvalue weighted by molar-refractivity contribution is 0.0912. The summed E-state index contributed by atoms with van der Waals surface area (Å²) in [5.74, 6) is -0.143. The predicted molar refractivity (Wildman–Crippen MR) is 94.2 cm³/mol. The van der Waals surface area contributed by atoms with Gasteiger partial charge in [-0.2, -0.15) is 5.10 Å². The first-order chi connectivity index (χ1) is 12.1. The average molecular weight is 335 g/mol. The van der Waals surface area contributed by atoms with Crippen LogP contribution in [0.15, 0.2) is 49.1 Å². The number of aryl methyl sites for hydroxylation is 3. The zero-order valence-corrected chi connectivity index (χ0v) is 14.4. The van der Waals surface area contributed by atoms with Crippen LogP contribution in [0, 0.1) is 6.92 Å². The highest BCUT2D eigenvalue weighted by Crippen LogP contribution is 2.37. The molecule has 1 amide bonds. The third-order valence-corrected chi connectivity index (χ3v) is 5.03. The summed E-state index contributed by atoms with van der Waals surface area (Å²) in [5, 5.41) is 7.51. The van der Waals surface area contributed by atoms with Crippen LogP contribution in [0.3, 0.4) is 0 Å². The third kappa shape index (κ3) is 2.84. The van der Waals surface area contributed by atoms with Crippen LogP contribution in [-0.2, 0) is 13.5 Å². The fraction of sp³-hybridized carbons (Fsp3) is 0.316. The molecule has 0 saturated heterocycles. The Labute approximate surface area is 146 Å². The van der Waals surface area contributed by atoms with Gasteiger partial charge in [-0.1, -0.05) is 24.3 Å². The average Bonchev–Trinajstić information content (AvgIpc) is 3.26. The number of carbonyl (C=O) groups excluding carboxylic acids is 1. The van der Waals surface area contributed by atoms with Crippen LogP contribution in [0.4, 0.5) is 0 Å². The highest BCUT2D eigenvalue weighted by Gasteiger charge is 2.32. The molecule has 0 bridgehead atoms. The first-order valence-corrected chi connectivity index (χ1v) is 8.50. The zero-order valence-electron chi connectivity index (χ0n) is 14.4. The molecule has 0 saturated carbocycles. The SMILES string of the molecule is Cc1cc(C(=O)N[C@H]2c3ccccc3CC[C@H]2n2ccnc2)nn1C. The Balaban J connectivity index is 1.68. The largest absolute Gasteiger partial charge is 0.342 e. The van der Waals surface area contributed by atoms with Gasteiger partial charge < -0.3 is 9.88 Å². The first-order valence-electron chi connectivity index (χ1n) is 8.50. The lowest BCUT2D eigenvalue weighted by Gasteiger charge is -2.34. The minimum absolute atomic E-state index is 0.103. The van der Waals surface area contributed by atoms with Gasteiger partial charge in [0.05, 0.1) is 18.4 Å². The number of nitrogens with one attached hydrogen (secondary N) is 1. The van der Waals surface area contributed by atoms with Crippen LogP contribution in [0.1, 0.15) is 45.8 Å². The first kappa shape index (κ1) is 15.6. The highest BCUT2D eigenvalue weighted by atomic mass is 16.2. The fourth-order valence-electron chi connectivity index (χ4n) is 3.59. The smallest absolute Gasteiger partial charge is 0.272 e. The topological polar surface area (TPSA) is 64.7 Å². The van der Waals surface area contributed by atoms with Gasteiger partial charge >= 0.3 is 0 Å². The number of benzene rings is 1. The predicted octanol–water partition coefficient (Wildman–Crippen LogP) is 2.58. The number of amides is 1. The summed E-state index contributed by atoms with van der Waals surface area (Å²) in [6, 6.07) is 10.2. The summed E-state index contributed by atoms with van der Waals surface area (Å²) in [5.41, 5.74) is 3.88. The van der Waals surface area contributed by atoms with E-state index in [1.807, 2.05) is 38.6 Å². The van der Waals surface area contributed by atoms with E-state index in [4.69, 9.17) is 0 Å². The van der Waals surface area contributed by atoms with Crippen molar-refractivity contribution in [3.8, 4) is 0 Å². The van der Waals surface area contributed by atoms with Gasteiger partial charge in [0.15, 0.2) is 0 Å². The van der Waals surface area contributed by atoms with Gasteiger partial charge in [0.25, 0.3) is 5.91 Å². The van der Waals surface area contributed by atoms with Gasteiger partial charge in [-0.15, -0.1) is 0 Å². The standard InChI is InChI=1S/C19H21N5O/c1-13-11-16(22-23(13)2)19(25)21-18-15-6-4-3-5-14(15)7-8-17(18)24-10-9-20-12-24/h3-6,9-12,17-18H,7-8H2,1-2H3,(H,21,25)/t17-,18+/m1/s1. The van der Waals surface area contributed by atoms with Crippen molar-refractivity contribution >= 4 is 5.91 Å². The summed E-state index contributed by atoms with van der Waals surface area (Å²) in [6.07, 6.45) is 7.51. The molecule has 0 unspecified atom stereocenters. The molecule has 1 aliphatic rings. The third-order valence-electron chi connectivity index (χ3n) is 5.03. The van der Waals surface area contributed by atoms with Gasteiger partial charge in [0.1, 0.15) is 5.69 Å². The molecule has 25 heavy (non-hydrogen) atoms. The summed E-state index contributed by atoms with van der Waals surface area (Å²) in [6.45, 7) is 1.94. The van der Waals surface area contributed by atoms with Gasteiger partial charge in [0, 0.05) is 25.1 Å². The van der Waals surface area contributed by atoms with Crippen LogP contribution in [0.5, 0.6) is 0 Å². The van der Waals surface area contributed by atoms with E-state index >= 15 is 0 Å². The lowest BCUT2D eigenvalue weighted by Crippen LogP contribution is -2.37. The van der Waals surface area contributed by atoms with E-state index in [1.54, 1.807) is 10.9 Å². The Hall–Kier alpha value is -2.89. The van der Waals surface area contributed by atoms with E-state index in [1.165, 1.54) is 11.1 Å². The van der Waals surface area contributed by atoms with Crippen molar-refractivity contribution in [2.24, 2.45) is 7.05 Å². The van der Waals surface area contributed by atoms with Crippen molar-refractivity contribution in [1.82, 2.24) is 24.6 Å². The molecule has 6 heteroatoms.